The van der Waals surface area contributed by atoms with Gasteiger partial charge in [0.1, 0.15) is 5.82 Å². The normalized spacial score (nSPS) is 11.7. The van der Waals surface area contributed by atoms with Crippen molar-refractivity contribution in [2.24, 2.45) is 11.7 Å². The molecule has 138 valence electrons. The topological polar surface area (TPSA) is 114 Å². The Bertz CT molecular complexity index is 527. The lowest BCUT2D eigenvalue weighted by atomic mass is 10.2. The molecule has 0 saturated carbocycles. The summed E-state index contributed by atoms with van der Waals surface area (Å²) in [6.07, 6.45) is 0.758. The summed E-state index contributed by atoms with van der Waals surface area (Å²) in [5, 5.41) is 16.4. The van der Waals surface area contributed by atoms with Gasteiger partial charge in [0.2, 0.25) is 5.91 Å². The van der Waals surface area contributed by atoms with Gasteiger partial charge in [0.15, 0.2) is 5.16 Å². The second kappa shape index (κ2) is 11.0. The first-order valence-electron chi connectivity index (χ1n) is 7.83. The predicted octanol–water partition coefficient (Wildman–Crippen LogP) is 1.44. The fourth-order valence-corrected chi connectivity index (χ4v) is 2.96. The maximum Gasteiger partial charge on any atom is 0.300 e. The van der Waals surface area contributed by atoms with Crippen LogP contribution in [0.25, 0.3) is 0 Å². The molecule has 0 spiro atoms. The van der Waals surface area contributed by atoms with E-state index in [0.717, 1.165) is 30.9 Å². The lowest BCUT2D eigenvalue weighted by Gasteiger charge is -2.19. The molecule has 0 aliphatic heterocycles. The van der Waals surface area contributed by atoms with Gasteiger partial charge in [0.25, 0.3) is 5.97 Å². The molecule has 1 heterocycles. The van der Waals surface area contributed by atoms with Gasteiger partial charge < -0.3 is 20.3 Å². The van der Waals surface area contributed by atoms with Crippen molar-refractivity contribution in [2.75, 3.05) is 14.1 Å². The third kappa shape index (κ3) is 7.78. The second-order valence-electron chi connectivity index (χ2n) is 5.87. The standard InChI is InChI=1S/C13H25N5OS.C2H4O2/c1-6-10(12(19)17(4)5)20-13-16-15-11(7-14)18(13)8-9(2)3;1-2(3)4/h9-10H,6-8,14H2,1-5H3;1H3,(H,3,4). The minimum absolute atomic E-state index is 0.103. The van der Waals surface area contributed by atoms with Crippen LogP contribution in [0.15, 0.2) is 5.16 Å². The molecule has 3 N–H and O–H groups in total. The number of carboxylic acid groups (broad SMARTS) is 1. The van der Waals surface area contributed by atoms with E-state index in [1.807, 2.05) is 11.5 Å². The van der Waals surface area contributed by atoms with Crippen LogP contribution in [0.5, 0.6) is 0 Å². The highest BCUT2D eigenvalue weighted by atomic mass is 32.2. The van der Waals surface area contributed by atoms with Crippen molar-refractivity contribution in [1.82, 2.24) is 19.7 Å². The smallest absolute Gasteiger partial charge is 0.300 e. The first-order chi connectivity index (χ1) is 11.1. The summed E-state index contributed by atoms with van der Waals surface area (Å²) in [5.41, 5.74) is 5.70. The Balaban J connectivity index is 0.00000118. The Hall–Kier alpha value is -1.61. The summed E-state index contributed by atoms with van der Waals surface area (Å²) in [7, 11) is 3.55. The van der Waals surface area contributed by atoms with Gasteiger partial charge in [-0.25, -0.2) is 0 Å². The number of aromatic nitrogens is 3. The van der Waals surface area contributed by atoms with Crippen LogP contribution in [0.4, 0.5) is 0 Å². The van der Waals surface area contributed by atoms with E-state index >= 15 is 0 Å². The van der Waals surface area contributed by atoms with Gasteiger partial charge in [-0.3, -0.25) is 9.59 Å². The number of thioether (sulfide) groups is 1. The van der Waals surface area contributed by atoms with Crippen molar-refractivity contribution in [3.05, 3.63) is 5.82 Å². The molecule has 24 heavy (non-hydrogen) atoms. The molecule has 1 atom stereocenters. The Morgan fingerprint density at radius 2 is 1.88 bits per heavy atom. The van der Waals surface area contributed by atoms with Crippen LogP contribution >= 0.6 is 11.8 Å². The average molecular weight is 359 g/mol. The number of nitrogens with two attached hydrogens (primary N) is 1. The highest BCUT2D eigenvalue weighted by Crippen LogP contribution is 2.26. The fraction of sp³-hybridized carbons (Fsp3) is 0.733. The third-order valence-corrected chi connectivity index (χ3v) is 4.19. The van der Waals surface area contributed by atoms with Gasteiger partial charge in [-0.05, 0) is 12.3 Å². The number of carboxylic acids is 1. The van der Waals surface area contributed by atoms with E-state index in [0.29, 0.717) is 12.5 Å². The van der Waals surface area contributed by atoms with Gasteiger partial charge in [-0.1, -0.05) is 32.5 Å². The first-order valence-corrected chi connectivity index (χ1v) is 8.71. The van der Waals surface area contributed by atoms with Crippen molar-refractivity contribution >= 4 is 23.6 Å². The number of rotatable bonds is 7. The van der Waals surface area contributed by atoms with Crippen LogP contribution in [0.1, 0.15) is 39.9 Å². The average Bonchev–Trinajstić information content (AvgIpc) is 2.84. The maximum atomic E-state index is 12.1. The first kappa shape index (κ1) is 22.4. The molecule has 0 fully saturated rings. The predicted molar refractivity (Wildman–Crippen MR) is 94.7 cm³/mol. The van der Waals surface area contributed by atoms with Gasteiger partial charge in [-0.2, -0.15) is 0 Å². The van der Waals surface area contributed by atoms with Crippen LogP contribution in [-0.4, -0.2) is 56.0 Å². The highest BCUT2D eigenvalue weighted by molar-refractivity contribution is 8.00. The number of carbonyl (C=O) groups excluding carboxylic acids is 1. The lowest BCUT2D eigenvalue weighted by molar-refractivity contribution is -0.134. The molecular formula is C15H29N5O3S. The van der Waals surface area contributed by atoms with Crippen molar-refractivity contribution in [2.45, 2.75) is 57.6 Å². The summed E-state index contributed by atoms with van der Waals surface area (Å²) >= 11 is 1.47. The molecule has 0 aromatic carbocycles. The SMILES string of the molecule is CC(=O)O.CCC(Sc1nnc(CN)n1CC(C)C)C(=O)N(C)C. The van der Waals surface area contributed by atoms with Crippen LogP contribution in [-0.2, 0) is 22.7 Å². The zero-order valence-electron chi connectivity index (χ0n) is 15.3. The summed E-state index contributed by atoms with van der Waals surface area (Å²) in [6.45, 7) is 8.53. The monoisotopic (exact) mass is 359 g/mol. The number of hydrogen-bond donors (Lipinski definition) is 2. The van der Waals surface area contributed by atoms with E-state index in [1.54, 1.807) is 19.0 Å². The van der Waals surface area contributed by atoms with Crippen molar-refractivity contribution in [3.63, 3.8) is 0 Å². The number of amides is 1. The summed E-state index contributed by atoms with van der Waals surface area (Å²) < 4.78 is 2.03. The fourth-order valence-electron chi connectivity index (χ4n) is 1.83. The van der Waals surface area contributed by atoms with E-state index < -0.39 is 5.97 Å². The number of aliphatic carboxylic acids is 1. The van der Waals surface area contributed by atoms with E-state index in [1.165, 1.54) is 11.8 Å². The number of hydrogen-bond acceptors (Lipinski definition) is 6. The Kier molecular flexibility index (Phi) is 10.3. The Morgan fingerprint density at radius 3 is 2.25 bits per heavy atom. The molecule has 0 radical (unpaired) electrons. The largest absolute Gasteiger partial charge is 0.481 e. The highest BCUT2D eigenvalue weighted by Gasteiger charge is 2.23. The molecule has 0 saturated heterocycles. The minimum Gasteiger partial charge on any atom is -0.481 e. The molecule has 0 aliphatic carbocycles. The van der Waals surface area contributed by atoms with E-state index in [2.05, 4.69) is 24.0 Å². The summed E-state index contributed by atoms with van der Waals surface area (Å²) in [5.74, 6) is 0.513. The van der Waals surface area contributed by atoms with Crippen LogP contribution in [0.3, 0.4) is 0 Å². The zero-order valence-corrected chi connectivity index (χ0v) is 16.1. The molecule has 1 amide bonds. The summed E-state index contributed by atoms with van der Waals surface area (Å²) in [6, 6.07) is 0. The van der Waals surface area contributed by atoms with Crippen LogP contribution in [0, 0.1) is 5.92 Å². The van der Waals surface area contributed by atoms with Crippen molar-refractivity contribution in [3.8, 4) is 0 Å². The van der Waals surface area contributed by atoms with Gasteiger partial charge in [0, 0.05) is 27.6 Å². The molecule has 0 bridgehead atoms. The molecular weight excluding hydrogens is 330 g/mol. The van der Waals surface area contributed by atoms with E-state index in [4.69, 9.17) is 15.6 Å². The Morgan fingerprint density at radius 1 is 1.33 bits per heavy atom. The molecule has 9 heteroatoms. The second-order valence-corrected chi connectivity index (χ2v) is 7.04. The molecule has 1 aromatic rings. The van der Waals surface area contributed by atoms with Gasteiger partial charge in [-0.15, -0.1) is 10.2 Å². The van der Waals surface area contributed by atoms with Crippen molar-refractivity contribution < 1.29 is 14.7 Å². The van der Waals surface area contributed by atoms with Crippen molar-refractivity contribution in [1.29, 1.82) is 0 Å². The van der Waals surface area contributed by atoms with Crippen LogP contribution < -0.4 is 5.73 Å². The van der Waals surface area contributed by atoms with Gasteiger partial charge >= 0.3 is 0 Å². The van der Waals surface area contributed by atoms with Crippen LogP contribution in [0.2, 0.25) is 0 Å². The molecule has 8 nitrogen and oxygen atoms in total. The Labute approximate surface area is 147 Å². The molecule has 0 aliphatic rings. The molecule has 1 aromatic heterocycles. The summed E-state index contributed by atoms with van der Waals surface area (Å²) in [4.78, 5) is 22.7. The van der Waals surface area contributed by atoms with E-state index in [9.17, 15) is 4.79 Å². The van der Waals surface area contributed by atoms with E-state index in [-0.39, 0.29) is 11.2 Å². The minimum atomic E-state index is -0.833. The third-order valence-electron chi connectivity index (χ3n) is 2.86. The molecule has 1 unspecified atom stereocenters. The lowest BCUT2D eigenvalue weighted by Crippen LogP contribution is -2.31. The maximum absolute atomic E-state index is 12.1. The number of carbonyl (C=O) groups is 2. The zero-order chi connectivity index (χ0) is 18.9. The number of nitrogens with zero attached hydrogens (tertiary/aromatic N) is 4. The van der Waals surface area contributed by atoms with Gasteiger partial charge in [0.05, 0.1) is 11.8 Å². The quantitative estimate of drug-likeness (QED) is 0.708. The molecule has 1 rings (SSSR count).